The fraction of sp³-hybridized carbons (Fsp3) is 0.462. The summed E-state index contributed by atoms with van der Waals surface area (Å²) in [5, 5.41) is 11.6. The number of rotatable bonds is 6. The van der Waals surface area contributed by atoms with Gasteiger partial charge in [-0.05, 0) is 32.4 Å². The topological polar surface area (TPSA) is 58.6 Å². The Morgan fingerprint density at radius 1 is 1.50 bits per heavy atom. The summed E-state index contributed by atoms with van der Waals surface area (Å²) in [6.07, 6.45) is 0.457. The molecule has 0 saturated heterocycles. The molecule has 100 valence electrons. The highest BCUT2D eigenvalue weighted by atomic mass is 19.1. The predicted octanol–water partition coefficient (Wildman–Crippen LogP) is 1.48. The Morgan fingerprint density at radius 3 is 2.83 bits per heavy atom. The normalized spacial score (nSPS) is 11.1. The second kappa shape index (κ2) is 6.35. The van der Waals surface area contributed by atoms with Crippen molar-refractivity contribution in [3.63, 3.8) is 0 Å². The molecule has 0 spiro atoms. The summed E-state index contributed by atoms with van der Waals surface area (Å²) in [4.78, 5) is 11.6. The molecule has 4 nitrogen and oxygen atoms in total. The molecule has 0 radical (unpaired) electrons. The van der Waals surface area contributed by atoms with E-state index in [0.29, 0.717) is 12.2 Å². The number of aliphatic hydroxyl groups is 1. The minimum Gasteiger partial charge on any atom is -0.484 e. The van der Waals surface area contributed by atoms with Crippen molar-refractivity contribution in [2.24, 2.45) is 0 Å². The largest absolute Gasteiger partial charge is 0.484 e. The molecular weight excluding hydrogens is 237 g/mol. The van der Waals surface area contributed by atoms with Crippen molar-refractivity contribution in [2.75, 3.05) is 13.2 Å². The summed E-state index contributed by atoms with van der Waals surface area (Å²) in [5.74, 6) is -0.406. The number of hydrogen-bond donors (Lipinski definition) is 2. The predicted molar refractivity (Wildman–Crippen MR) is 65.8 cm³/mol. The van der Waals surface area contributed by atoms with Crippen LogP contribution in [0.15, 0.2) is 24.3 Å². The number of amides is 1. The van der Waals surface area contributed by atoms with E-state index in [-0.39, 0.29) is 19.1 Å². The van der Waals surface area contributed by atoms with Gasteiger partial charge < -0.3 is 15.2 Å². The second-order valence-electron chi connectivity index (χ2n) is 4.65. The lowest BCUT2D eigenvalue weighted by Gasteiger charge is -2.25. The number of halogens is 1. The fourth-order valence-electron chi connectivity index (χ4n) is 1.46. The molecule has 1 amide bonds. The van der Waals surface area contributed by atoms with Gasteiger partial charge in [0.25, 0.3) is 5.91 Å². The minimum atomic E-state index is -0.489. The van der Waals surface area contributed by atoms with E-state index in [2.05, 4.69) is 5.32 Å². The summed E-state index contributed by atoms with van der Waals surface area (Å²) in [6, 6.07) is 5.61. The van der Waals surface area contributed by atoms with Crippen LogP contribution in [0, 0.1) is 5.82 Å². The second-order valence-corrected chi connectivity index (χ2v) is 4.65. The minimum absolute atomic E-state index is 0.00195. The van der Waals surface area contributed by atoms with Gasteiger partial charge in [-0.2, -0.15) is 0 Å². The van der Waals surface area contributed by atoms with E-state index in [1.165, 1.54) is 18.2 Å². The lowest BCUT2D eigenvalue weighted by molar-refractivity contribution is -0.124. The van der Waals surface area contributed by atoms with Crippen LogP contribution in [0.1, 0.15) is 20.3 Å². The number of carbonyl (C=O) groups is 1. The van der Waals surface area contributed by atoms with E-state index in [4.69, 9.17) is 9.84 Å². The van der Waals surface area contributed by atoms with Gasteiger partial charge in [0, 0.05) is 18.2 Å². The monoisotopic (exact) mass is 255 g/mol. The quantitative estimate of drug-likeness (QED) is 0.809. The third-order valence-corrected chi connectivity index (χ3v) is 2.38. The summed E-state index contributed by atoms with van der Waals surface area (Å²) < 4.78 is 18.0. The number of aliphatic hydroxyl groups excluding tert-OH is 1. The van der Waals surface area contributed by atoms with E-state index in [1.807, 2.05) is 13.8 Å². The molecule has 0 bridgehead atoms. The Hall–Kier alpha value is -1.62. The van der Waals surface area contributed by atoms with Gasteiger partial charge in [0.1, 0.15) is 11.6 Å². The molecule has 0 heterocycles. The zero-order chi connectivity index (χ0) is 13.6. The molecule has 1 rings (SSSR count). The first-order chi connectivity index (χ1) is 8.43. The lowest BCUT2D eigenvalue weighted by Crippen LogP contribution is -2.46. The van der Waals surface area contributed by atoms with Gasteiger partial charge in [-0.15, -0.1) is 0 Å². The summed E-state index contributed by atoms with van der Waals surface area (Å²) in [6.45, 7) is 3.43. The third kappa shape index (κ3) is 5.14. The summed E-state index contributed by atoms with van der Waals surface area (Å²) in [5.41, 5.74) is -0.489. The van der Waals surface area contributed by atoms with Crippen molar-refractivity contribution in [3.05, 3.63) is 30.1 Å². The highest BCUT2D eigenvalue weighted by Gasteiger charge is 2.19. The number of hydrogen-bond acceptors (Lipinski definition) is 3. The van der Waals surface area contributed by atoms with E-state index in [1.54, 1.807) is 6.07 Å². The SMILES string of the molecule is CC(C)(CCO)NC(=O)COc1cccc(F)c1. The smallest absolute Gasteiger partial charge is 0.258 e. The maximum atomic E-state index is 12.9. The van der Waals surface area contributed by atoms with Gasteiger partial charge in [0.15, 0.2) is 6.61 Å². The van der Waals surface area contributed by atoms with Crippen LogP contribution in [0.25, 0.3) is 0 Å². The van der Waals surface area contributed by atoms with Crippen LogP contribution in [0.5, 0.6) is 5.75 Å². The third-order valence-electron chi connectivity index (χ3n) is 2.38. The van der Waals surface area contributed by atoms with Crippen LogP contribution in [0.3, 0.4) is 0 Å². The van der Waals surface area contributed by atoms with E-state index in [9.17, 15) is 9.18 Å². The number of benzene rings is 1. The Bertz CT molecular complexity index is 407. The highest BCUT2D eigenvalue weighted by molar-refractivity contribution is 5.78. The summed E-state index contributed by atoms with van der Waals surface area (Å²) >= 11 is 0. The van der Waals surface area contributed by atoms with E-state index >= 15 is 0 Å². The average Bonchev–Trinajstić information content (AvgIpc) is 2.25. The molecule has 0 unspecified atom stereocenters. The standard InChI is InChI=1S/C13H18FNO3/c1-13(2,6-7-16)15-12(17)9-18-11-5-3-4-10(14)8-11/h3-5,8,16H,6-7,9H2,1-2H3,(H,15,17). The molecule has 0 aromatic heterocycles. The molecule has 0 aliphatic carbocycles. The Morgan fingerprint density at radius 2 is 2.22 bits per heavy atom. The van der Waals surface area contributed by atoms with E-state index < -0.39 is 11.4 Å². The van der Waals surface area contributed by atoms with Crippen LogP contribution in [0.2, 0.25) is 0 Å². The molecule has 0 saturated carbocycles. The number of ether oxygens (including phenoxy) is 1. The Labute approximate surface area is 106 Å². The average molecular weight is 255 g/mol. The van der Waals surface area contributed by atoms with Crippen molar-refractivity contribution in [3.8, 4) is 5.75 Å². The van der Waals surface area contributed by atoms with Gasteiger partial charge in [-0.25, -0.2) is 4.39 Å². The first-order valence-electron chi connectivity index (χ1n) is 5.73. The molecule has 0 aliphatic heterocycles. The molecule has 5 heteroatoms. The highest BCUT2D eigenvalue weighted by Crippen LogP contribution is 2.12. The van der Waals surface area contributed by atoms with Crippen molar-refractivity contribution in [1.82, 2.24) is 5.32 Å². The Kier molecular flexibility index (Phi) is 5.09. The molecule has 0 aliphatic rings. The molecule has 0 atom stereocenters. The van der Waals surface area contributed by atoms with Gasteiger partial charge >= 0.3 is 0 Å². The maximum absolute atomic E-state index is 12.9. The molecule has 0 fully saturated rings. The molecule has 2 N–H and O–H groups in total. The van der Waals surface area contributed by atoms with Crippen LogP contribution in [0.4, 0.5) is 4.39 Å². The fourth-order valence-corrected chi connectivity index (χ4v) is 1.46. The van der Waals surface area contributed by atoms with Crippen molar-refractivity contribution < 1.29 is 19.0 Å². The van der Waals surface area contributed by atoms with Crippen molar-refractivity contribution in [1.29, 1.82) is 0 Å². The maximum Gasteiger partial charge on any atom is 0.258 e. The van der Waals surface area contributed by atoms with Gasteiger partial charge in [0.2, 0.25) is 0 Å². The van der Waals surface area contributed by atoms with Crippen molar-refractivity contribution >= 4 is 5.91 Å². The van der Waals surface area contributed by atoms with Crippen LogP contribution in [-0.4, -0.2) is 29.8 Å². The molecular formula is C13H18FNO3. The van der Waals surface area contributed by atoms with Gasteiger partial charge in [-0.1, -0.05) is 6.07 Å². The van der Waals surface area contributed by atoms with Gasteiger partial charge in [-0.3, -0.25) is 4.79 Å². The van der Waals surface area contributed by atoms with Crippen LogP contribution in [-0.2, 0) is 4.79 Å². The van der Waals surface area contributed by atoms with Crippen LogP contribution >= 0.6 is 0 Å². The van der Waals surface area contributed by atoms with Crippen LogP contribution < -0.4 is 10.1 Å². The van der Waals surface area contributed by atoms with E-state index in [0.717, 1.165) is 0 Å². The number of nitrogens with one attached hydrogen (secondary N) is 1. The zero-order valence-corrected chi connectivity index (χ0v) is 10.6. The molecule has 1 aromatic carbocycles. The first kappa shape index (κ1) is 14.4. The number of carbonyl (C=O) groups excluding carboxylic acids is 1. The zero-order valence-electron chi connectivity index (χ0n) is 10.6. The molecule has 1 aromatic rings. The summed E-state index contributed by atoms with van der Waals surface area (Å²) in [7, 11) is 0. The Balaban J connectivity index is 2.42. The molecule has 18 heavy (non-hydrogen) atoms. The first-order valence-corrected chi connectivity index (χ1v) is 5.73. The van der Waals surface area contributed by atoms with Gasteiger partial charge in [0.05, 0.1) is 0 Å². The van der Waals surface area contributed by atoms with Crippen molar-refractivity contribution in [2.45, 2.75) is 25.8 Å². The lowest BCUT2D eigenvalue weighted by atomic mass is 10.0.